The van der Waals surface area contributed by atoms with E-state index in [4.69, 9.17) is 10.5 Å². The molecule has 2 aromatic carbocycles. The van der Waals surface area contributed by atoms with Gasteiger partial charge in [0.1, 0.15) is 5.75 Å². The molecule has 0 bridgehead atoms. The van der Waals surface area contributed by atoms with Crippen molar-refractivity contribution >= 4 is 0 Å². The van der Waals surface area contributed by atoms with Crippen molar-refractivity contribution in [3.05, 3.63) is 63.2 Å². The molecule has 1 unspecified atom stereocenters. The Labute approximate surface area is 127 Å². The van der Waals surface area contributed by atoms with Crippen LogP contribution in [0, 0.1) is 34.6 Å². The highest BCUT2D eigenvalue weighted by atomic mass is 16.5. The summed E-state index contributed by atoms with van der Waals surface area (Å²) < 4.78 is 5.31. The molecule has 2 nitrogen and oxygen atoms in total. The molecular formula is C19H25NO. The second-order valence-electron chi connectivity index (χ2n) is 5.79. The Morgan fingerprint density at radius 3 is 1.90 bits per heavy atom. The Balaban J connectivity index is 2.60. The van der Waals surface area contributed by atoms with E-state index in [1.165, 1.54) is 33.4 Å². The monoisotopic (exact) mass is 283 g/mol. The molecule has 0 spiro atoms. The summed E-state index contributed by atoms with van der Waals surface area (Å²) >= 11 is 0. The fraction of sp³-hybridized carbons (Fsp3) is 0.368. The zero-order valence-electron chi connectivity index (χ0n) is 13.9. The van der Waals surface area contributed by atoms with Crippen LogP contribution in [-0.4, -0.2) is 7.11 Å². The zero-order valence-corrected chi connectivity index (χ0v) is 13.9. The molecule has 0 fully saturated rings. The summed E-state index contributed by atoms with van der Waals surface area (Å²) in [6, 6.07) is 7.90. The molecule has 0 heterocycles. The third-order valence-electron chi connectivity index (χ3n) is 4.82. The fourth-order valence-corrected chi connectivity index (χ4v) is 3.00. The van der Waals surface area contributed by atoms with Gasteiger partial charge in [-0.15, -0.1) is 0 Å². The van der Waals surface area contributed by atoms with Gasteiger partial charge in [0, 0.05) is 0 Å². The van der Waals surface area contributed by atoms with E-state index in [2.05, 4.69) is 40.7 Å². The lowest BCUT2D eigenvalue weighted by Gasteiger charge is -2.23. The van der Waals surface area contributed by atoms with E-state index in [9.17, 15) is 0 Å². The summed E-state index contributed by atoms with van der Waals surface area (Å²) in [5.74, 6) is 0.846. The molecule has 2 heteroatoms. The lowest BCUT2D eigenvalue weighted by molar-refractivity contribution is 0.414. The zero-order chi connectivity index (χ0) is 15.7. The van der Waals surface area contributed by atoms with Crippen molar-refractivity contribution in [1.82, 2.24) is 0 Å². The van der Waals surface area contributed by atoms with Gasteiger partial charge in [0.2, 0.25) is 0 Å². The van der Waals surface area contributed by atoms with E-state index in [1.54, 1.807) is 7.11 Å². The van der Waals surface area contributed by atoms with Gasteiger partial charge in [0.05, 0.1) is 13.2 Å². The van der Waals surface area contributed by atoms with Gasteiger partial charge < -0.3 is 10.5 Å². The molecule has 0 aliphatic rings. The van der Waals surface area contributed by atoms with Crippen molar-refractivity contribution in [2.24, 2.45) is 5.73 Å². The fourth-order valence-electron chi connectivity index (χ4n) is 3.00. The molecule has 0 aliphatic heterocycles. The number of nitrogens with two attached hydrogens (primary N) is 1. The van der Waals surface area contributed by atoms with Crippen molar-refractivity contribution in [3.8, 4) is 5.75 Å². The molecule has 0 saturated heterocycles. The predicted octanol–water partition coefficient (Wildman–Crippen LogP) is 4.29. The van der Waals surface area contributed by atoms with Crippen LogP contribution in [0.2, 0.25) is 0 Å². The van der Waals surface area contributed by atoms with Crippen LogP contribution in [0.25, 0.3) is 0 Å². The normalized spacial score (nSPS) is 12.3. The molecule has 0 radical (unpaired) electrons. The van der Waals surface area contributed by atoms with Crippen molar-refractivity contribution in [3.63, 3.8) is 0 Å². The van der Waals surface area contributed by atoms with Crippen molar-refractivity contribution in [2.45, 2.75) is 40.7 Å². The van der Waals surface area contributed by atoms with Gasteiger partial charge in [-0.3, -0.25) is 0 Å². The second-order valence-corrected chi connectivity index (χ2v) is 5.79. The van der Waals surface area contributed by atoms with Gasteiger partial charge in [0.25, 0.3) is 0 Å². The molecule has 21 heavy (non-hydrogen) atoms. The quantitative estimate of drug-likeness (QED) is 0.912. The summed E-state index contributed by atoms with van der Waals surface area (Å²) in [6.07, 6.45) is 0. The van der Waals surface area contributed by atoms with Crippen LogP contribution < -0.4 is 10.5 Å². The first kappa shape index (κ1) is 15.6. The highest BCUT2D eigenvalue weighted by molar-refractivity contribution is 5.53. The van der Waals surface area contributed by atoms with Gasteiger partial charge in [-0.05, 0) is 85.7 Å². The van der Waals surface area contributed by atoms with Crippen LogP contribution in [0.15, 0.2) is 24.3 Å². The van der Waals surface area contributed by atoms with Crippen LogP contribution in [0.1, 0.15) is 45.0 Å². The number of benzene rings is 2. The molecule has 1 atom stereocenters. The van der Waals surface area contributed by atoms with E-state index < -0.39 is 0 Å². The smallest absolute Gasteiger partial charge is 0.119 e. The Morgan fingerprint density at radius 1 is 0.857 bits per heavy atom. The van der Waals surface area contributed by atoms with Crippen molar-refractivity contribution in [1.29, 1.82) is 0 Å². The van der Waals surface area contributed by atoms with E-state index in [-0.39, 0.29) is 6.04 Å². The average Bonchev–Trinajstić information content (AvgIpc) is 2.51. The van der Waals surface area contributed by atoms with Crippen LogP contribution in [0.4, 0.5) is 0 Å². The highest BCUT2D eigenvalue weighted by Gasteiger charge is 2.19. The first-order chi connectivity index (χ1) is 9.88. The Hall–Kier alpha value is -1.80. The second kappa shape index (κ2) is 5.90. The standard InChI is InChI=1S/C19H25NO/c1-11-12(2)14(4)18(15(5)13(11)3)19(20)16-8-7-9-17(10-16)21-6/h7-10,19H,20H2,1-6H3. The maximum absolute atomic E-state index is 6.57. The first-order valence-electron chi connectivity index (χ1n) is 7.34. The van der Waals surface area contributed by atoms with Gasteiger partial charge in [-0.1, -0.05) is 12.1 Å². The van der Waals surface area contributed by atoms with Gasteiger partial charge >= 0.3 is 0 Å². The topological polar surface area (TPSA) is 35.2 Å². The van der Waals surface area contributed by atoms with Crippen molar-refractivity contribution in [2.75, 3.05) is 7.11 Å². The molecule has 2 aromatic rings. The summed E-state index contributed by atoms with van der Waals surface area (Å²) in [6.45, 7) is 10.9. The van der Waals surface area contributed by atoms with E-state index in [1.807, 2.05) is 18.2 Å². The lowest BCUT2D eigenvalue weighted by Crippen LogP contribution is -2.17. The Morgan fingerprint density at radius 2 is 1.38 bits per heavy atom. The Bertz CT molecular complexity index is 645. The van der Waals surface area contributed by atoms with Crippen LogP contribution in [0.3, 0.4) is 0 Å². The van der Waals surface area contributed by atoms with E-state index in [0.717, 1.165) is 11.3 Å². The van der Waals surface area contributed by atoms with Gasteiger partial charge in [-0.2, -0.15) is 0 Å². The largest absolute Gasteiger partial charge is 0.497 e. The van der Waals surface area contributed by atoms with E-state index >= 15 is 0 Å². The predicted molar refractivity (Wildman–Crippen MR) is 89.2 cm³/mol. The molecule has 0 amide bonds. The minimum Gasteiger partial charge on any atom is -0.497 e. The Kier molecular flexibility index (Phi) is 4.38. The maximum atomic E-state index is 6.57. The molecular weight excluding hydrogens is 258 g/mol. The maximum Gasteiger partial charge on any atom is 0.119 e. The average molecular weight is 283 g/mol. The summed E-state index contributed by atoms with van der Waals surface area (Å²) in [7, 11) is 1.68. The first-order valence-corrected chi connectivity index (χ1v) is 7.34. The lowest BCUT2D eigenvalue weighted by atomic mass is 9.84. The number of rotatable bonds is 3. The molecule has 2 N–H and O–H groups in total. The third kappa shape index (κ3) is 2.68. The minimum absolute atomic E-state index is 0.127. The number of ether oxygens (including phenoxy) is 1. The molecule has 0 saturated carbocycles. The molecule has 0 aromatic heterocycles. The minimum atomic E-state index is -0.127. The van der Waals surface area contributed by atoms with Crippen LogP contribution in [-0.2, 0) is 0 Å². The SMILES string of the molecule is COc1cccc(C(N)c2c(C)c(C)c(C)c(C)c2C)c1. The van der Waals surface area contributed by atoms with Crippen molar-refractivity contribution < 1.29 is 4.74 Å². The molecule has 112 valence electrons. The number of hydrogen-bond acceptors (Lipinski definition) is 2. The number of hydrogen-bond donors (Lipinski definition) is 1. The van der Waals surface area contributed by atoms with Crippen LogP contribution >= 0.6 is 0 Å². The van der Waals surface area contributed by atoms with Gasteiger partial charge in [0.15, 0.2) is 0 Å². The molecule has 0 aliphatic carbocycles. The number of methoxy groups -OCH3 is 1. The van der Waals surface area contributed by atoms with E-state index in [0.29, 0.717) is 0 Å². The molecule has 2 rings (SSSR count). The van der Waals surface area contributed by atoms with Gasteiger partial charge in [-0.25, -0.2) is 0 Å². The summed E-state index contributed by atoms with van der Waals surface area (Å²) in [4.78, 5) is 0. The summed E-state index contributed by atoms with van der Waals surface area (Å²) in [5, 5.41) is 0. The highest BCUT2D eigenvalue weighted by Crippen LogP contribution is 2.33. The summed E-state index contributed by atoms with van der Waals surface area (Å²) in [5.41, 5.74) is 15.5. The third-order valence-corrected chi connectivity index (χ3v) is 4.82. The van der Waals surface area contributed by atoms with Crippen LogP contribution in [0.5, 0.6) is 5.75 Å².